The van der Waals surface area contributed by atoms with Crippen LogP contribution in [0.4, 0.5) is 0 Å². The van der Waals surface area contributed by atoms with Crippen molar-refractivity contribution < 1.29 is 0 Å². The van der Waals surface area contributed by atoms with Crippen molar-refractivity contribution in [3.63, 3.8) is 0 Å². The van der Waals surface area contributed by atoms with Gasteiger partial charge in [-0.3, -0.25) is 0 Å². The fraction of sp³-hybridized carbons (Fsp3) is 0.600. The van der Waals surface area contributed by atoms with Gasteiger partial charge >= 0.3 is 0 Å². The molecule has 1 aromatic rings. The minimum atomic E-state index is 0.783. The van der Waals surface area contributed by atoms with Crippen LogP contribution in [0, 0.1) is 5.92 Å². The highest BCUT2D eigenvalue weighted by atomic mass is 32.2. The highest BCUT2D eigenvalue weighted by Gasteiger charge is 2.27. The third-order valence-electron chi connectivity index (χ3n) is 3.84. The van der Waals surface area contributed by atoms with Crippen molar-refractivity contribution in [2.24, 2.45) is 5.92 Å². The number of benzene rings is 1. The van der Waals surface area contributed by atoms with E-state index < -0.39 is 0 Å². The molecule has 2 aliphatic rings. The summed E-state index contributed by atoms with van der Waals surface area (Å²) in [7, 11) is 0. The van der Waals surface area contributed by atoms with Crippen LogP contribution in [-0.2, 0) is 6.42 Å². The van der Waals surface area contributed by atoms with Gasteiger partial charge in [0, 0.05) is 23.2 Å². The van der Waals surface area contributed by atoms with Gasteiger partial charge in [-0.2, -0.15) is 0 Å². The molecule has 1 aliphatic carbocycles. The van der Waals surface area contributed by atoms with E-state index >= 15 is 0 Å². The van der Waals surface area contributed by atoms with Gasteiger partial charge in [0.1, 0.15) is 0 Å². The van der Waals surface area contributed by atoms with Crippen molar-refractivity contribution in [3.8, 4) is 0 Å². The van der Waals surface area contributed by atoms with Gasteiger partial charge in [0.05, 0.1) is 0 Å². The summed E-state index contributed by atoms with van der Waals surface area (Å²) >= 11 is 2.09. The van der Waals surface area contributed by atoms with Crippen LogP contribution >= 0.6 is 11.8 Å². The van der Waals surface area contributed by atoms with Crippen molar-refractivity contribution >= 4 is 11.8 Å². The summed E-state index contributed by atoms with van der Waals surface area (Å²) in [6, 6.07) is 8.90. The Morgan fingerprint density at radius 1 is 1.24 bits per heavy atom. The Labute approximate surface area is 109 Å². The van der Waals surface area contributed by atoms with Crippen molar-refractivity contribution in [2.45, 2.75) is 36.3 Å². The maximum atomic E-state index is 2.65. The molecule has 1 nitrogen and oxygen atoms in total. The Kier molecular flexibility index (Phi) is 3.44. The molecular weight excluding hydrogens is 226 g/mol. The lowest BCUT2D eigenvalue weighted by Crippen LogP contribution is -2.32. The third-order valence-corrected chi connectivity index (χ3v) is 5.14. The Hall–Kier alpha value is -0.470. The largest absolute Gasteiger partial charge is 0.302 e. The van der Waals surface area contributed by atoms with E-state index in [-0.39, 0.29) is 0 Å². The Bertz CT molecular complexity index is 361. The number of hydrogen-bond acceptors (Lipinski definition) is 2. The first-order valence-electron chi connectivity index (χ1n) is 6.82. The van der Waals surface area contributed by atoms with E-state index in [0.29, 0.717) is 0 Å². The van der Waals surface area contributed by atoms with Gasteiger partial charge in [0.25, 0.3) is 0 Å². The van der Waals surface area contributed by atoms with Gasteiger partial charge in [-0.05, 0) is 43.4 Å². The van der Waals surface area contributed by atoms with Crippen molar-refractivity contribution in [2.75, 3.05) is 19.6 Å². The van der Waals surface area contributed by atoms with Crippen LogP contribution in [0.5, 0.6) is 0 Å². The van der Waals surface area contributed by atoms with E-state index in [1.54, 1.807) is 5.56 Å². The maximum absolute atomic E-state index is 2.65. The average molecular weight is 247 g/mol. The van der Waals surface area contributed by atoms with Gasteiger partial charge in [0.2, 0.25) is 0 Å². The molecule has 1 atom stereocenters. The number of rotatable bonds is 5. The highest BCUT2D eigenvalue weighted by molar-refractivity contribution is 8.00. The lowest BCUT2D eigenvalue weighted by atomic mass is 10.1. The second-order valence-corrected chi connectivity index (χ2v) is 6.69. The Morgan fingerprint density at radius 3 is 2.76 bits per heavy atom. The summed E-state index contributed by atoms with van der Waals surface area (Å²) in [5.41, 5.74) is 1.56. The summed E-state index contributed by atoms with van der Waals surface area (Å²) in [5, 5.41) is 0.783. The van der Waals surface area contributed by atoms with E-state index in [9.17, 15) is 0 Å². The summed E-state index contributed by atoms with van der Waals surface area (Å²) in [6.07, 6.45) is 4.20. The van der Waals surface area contributed by atoms with Crippen LogP contribution in [0.1, 0.15) is 25.3 Å². The average Bonchev–Trinajstić information content (AvgIpc) is 3.06. The van der Waals surface area contributed by atoms with Gasteiger partial charge in [0.15, 0.2) is 0 Å². The summed E-state index contributed by atoms with van der Waals surface area (Å²) in [5.74, 6) is 1.02. The standard InChI is InChI=1S/C15H21NS/c1-2-16(10-12-7-8-12)11-14-9-13-5-3-4-6-15(13)17-14/h3-6,12,14H,2,7-11H2,1H3. The second kappa shape index (κ2) is 5.03. The number of thioether (sulfide) groups is 1. The van der Waals surface area contributed by atoms with Gasteiger partial charge in [-0.15, -0.1) is 11.8 Å². The van der Waals surface area contributed by atoms with Crippen molar-refractivity contribution in [3.05, 3.63) is 29.8 Å². The van der Waals surface area contributed by atoms with Crippen molar-refractivity contribution in [1.29, 1.82) is 0 Å². The molecular formula is C15H21NS. The molecule has 0 bridgehead atoms. The number of fused-ring (bicyclic) bond motifs is 1. The molecule has 0 spiro atoms. The van der Waals surface area contributed by atoms with Crippen molar-refractivity contribution in [1.82, 2.24) is 4.90 Å². The summed E-state index contributed by atoms with van der Waals surface area (Å²) in [4.78, 5) is 4.17. The number of hydrogen-bond donors (Lipinski definition) is 0. The first kappa shape index (κ1) is 11.6. The molecule has 3 rings (SSSR count). The molecule has 0 saturated heterocycles. The first-order valence-corrected chi connectivity index (χ1v) is 7.70. The zero-order valence-corrected chi connectivity index (χ0v) is 11.4. The Balaban J connectivity index is 1.56. The van der Waals surface area contributed by atoms with E-state index in [4.69, 9.17) is 0 Å². The summed E-state index contributed by atoms with van der Waals surface area (Å²) in [6.45, 7) is 6.12. The third kappa shape index (κ3) is 2.86. The maximum Gasteiger partial charge on any atom is 0.0263 e. The van der Waals surface area contributed by atoms with E-state index in [1.165, 1.54) is 43.8 Å². The lowest BCUT2D eigenvalue weighted by Gasteiger charge is -2.23. The molecule has 0 radical (unpaired) electrons. The molecule has 17 heavy (non-hydrogen) atoms. The van der Waals surface area contributed by atoms with Crippen LogP contribution in [0.25, 0.3) is 0 Å². The second-order valence-electron chi connectivity index (χ2n) is 5.35. The molecule has 0 amide bonds. The minimum Gasteiger partial charge on any atom is -0.302 e. The smallest absolute Gasteiger partial charge is 0.0263 e. The van der Waals surface area contributed by atoms with Crippen LogP contribution in [0.2, 0.25) is 0 Å². The van der Waals surface area contributed by atoms with Crippen LogP contribution in [0.3, 0.4) is 0 Å². The molecule has 1 heterocycles. The molecule has 92 valence electrons. The molecule has 0 aromatic heterocycles. The monoisotopic (exact) mass is 247 g/mol. The molecule has 1 saturated carbocycles. The van der Waals surface area contributed by atoms with Crippen LogP contribution in [0.15, 0.2) is 29.2 Å². The highest BCUT2D eigenvalue weighted by Crippen LogP contribution is 2.37. The topological polar surface area (TPSA) is 3.24 Å². The quantitative estimate of drug-likeness (QED) is 0.784. The van der Waals surface area contributed by atoms with Gasteiger partial charge < -0.3 is 4.90 Å². The predicted molar refractivity (Wildman–Crippen MR) is 74.6 cm³/mol. The van der Waals surface area contributed by atoms with E-state index in [1.807, 2.05) is 0 Å². The Morgan fingerprint density at radius 2 is 2.06 bits per heavy atom. The molecule has 2 heteroatoms. The molecule has 1 unspecified atom stereocenters. The molecule has 0 N–H and O–H groups in total. The molecule has 1 aliphatic heterocycles. The fourth-order valence-electron chi connectivity index (χ4n) is 2.64. The van der Waals surface area contributed by atoms with Crippen LogP contribution in [-0.4, -0.2) is 29.8 Å². The van der Waals surface area contributed by atoms with E-state index in [0.717, 1.165) is 11.2 Å². The summed E-state index contributed by atoms with van der Waals surface area (Å²) < 4.78 is 0. The fourth-order valence-corrected chi connectivity index (χ4v) is 4.01. The SMILES string of the molecule is CCN(CC1CC1)CC1Cc2ccccc2S1. The van der Waals surface area contributed by atoms with Gasteiger partial charge in [-0.25, -0.2) is 0 Å². The van der Waals surface area contributed by atoms with E-state index in [2.05, 4.69) is 47.9 Å². The van der Waals surface area contributed by atoms with Gasteiger partial charge in [-0.1, -0.05) is 25.1 Å². The normalized spacial score (nSPS) is 23.1. The predicted octanol–water partition coefficient (Wildman–Crippen LogP) is 3.44. The number of nitrogens with zero attached hydrogens (tertiary/aromatic N) is 1. The zero-order valence-electron chi connectivity index (χ0n) is 10.6. The lowest BCUT2D eigenvalue weighted by molar-refractivity contribution is 0.277. The molecule has 1 fully saturated rings. The zero-order chi connectivity index (χ0) is 11.7. The minimum absolute atomic E-state index is 0.783. The van der Waals surface area contributed by atoms with Crippen LogP contribution < -0.4 is 0 Å². The first-order chi connectivity index (χ1) is 8.35. The molecule has 1 aromatic carbocycles.